The zero-order chi connectivity index (χ0) is 17.1. The lowest BCUT2D eigenvalue weighted by molar-refractivity contribution is 0.670. The van der Waals surface area contributed by atoms with Crippen LogP contribution >= 0.6 is 22.7 Å². The molecule has 2 heterocycles. The second kappa shape index (κ2) is 8.05. The standard InChI is InChI=1S/C23H28S2/c1-2-3-4-5-14-20-15-18-12-8-9-13-19-16-21(17-10-6-7-11-17)25-23(19)22(18)24-20/h6-7,10-11,15-17H,2-5,8-9,12-14H2,1H3. The van der Waals surface area contributed by atoms with Crippen LogP contribution in [0.25, 0.3) is 9.75 Å². The zero-order valence-electron chi connectivity index (χ0n) is 15.2. The Labute approximate surface area is 160 Å². The predicted molar refractivity (Wildman–Crippen MR) is 113 cm³/mol. The monoisotopic (exact) mass is 368 g/mol. The summed E-state index contributed by atoms with van der Waals surface area (Å²) in [5.41, 5.74) is 3.23. The second-order valence-corrected chi connectivity index (χ2v) is 9.60. The normalized spacial score (nSPS) is 16.7. The van der Waals surface area contributed by atoms with E-state index in [9.17, 15) is 0 Å². The van der Waals surface area contributed by atoms with Gasteiger partial charge in [0.1, 0.15) is 0 Å². The van der Waals surface area contributed by atoms with Gasteiger partial charge in [-0.3, -0.25) is 0 Å². The van der Waals surface area contributed by atoms with Gasteiger partial charge in [0, 0.05) is 25.4 Å². The van der Waals surface area contributed by atoms with Gasteiger partial charge in [0.25, 0.3) is 0 Å². The summed E-state index contributed by atoms with van der Waals surface area (Å²) in [5, 5.41) is 0. The van der Waals surface area contributed by atoms with E-state index in [0.29, 0.717) is 5.92 Å². The zero-order valence-corrected chi connectivity index (χ0v) is 16.9. The van der Waals surface area contributed by atoms with Crippen molar-refractivity contribution in [3.63, 3.8) is 0 Å². The summed E-state index contributed by atoms with van der Waals surface area (Å²) in [5.74, 6) is 0.509. The van der Waals surface area contributed by atoms with Gasteiger partial charge in [0.2, 0.25) is 0 Å². The lowest BCUT2D eigenvalue weighted by Crippen LogP contribution is -1.94. The summed E-state index contributed by atoms with van der Waals surface area (Å²) in [6.45, 7) is 2.29. The molecule has 0 atom stereocenters. The molecule has 0 saturated heterocycles. The van der Waals surface area contributed by atoms with Crippen molar-refractivity contribution in [2.24, 2.45) is 0 Å². The van der Waals surface area contributed by atoms with Crippen molar-refractivity contribution >= 4 is 22.7 Å². The van der Waals surface area contributed by atoms with Gasteiger partial charge >= 0.3 is 0 Å². The molecule has 2 aromatic heterocycles. The lowest BCUT2D eigenvalue weighted by atomic mass is 9.97. The molecule has 0 bridgehead atoms. The summed E-state index contributed by atoms with van der Waals surface area (Å²) >= 11 is 4.14. The lowest BCUT2D eigenvalue weighted by Gasteiger charge is -2.09. The van der Waals surface area contributed by atoms with Crippen LogP contribution in [0.1, 0.15) is 72.2 Å². The minimum atomic E-state index is 0.509. The molecule has 2 aliphatic rings. The molecule has 25 heavy (non-hydrogen) atoms. The Bertz CT molecular complexity index is 760. The molecule has 2 aromatic rings. The quantitative estimate of drug-likeness (QED) is 0.458. The Morgan fingerprint density at radius 3 is 2.36 bits per heavy atom. The fourth-order valence-corrected chi connectivity index (χ4v) is 6.68. The third-order valence-corrected chi connectivity index (χ3v) is 8.07. The summed E-state index contributed by atoms with van der Waals surface area (Å²) in [6, 6.07) is 5.04. The molecule has 2 aliphatic carbocycles. The Morgan fingerprint density at radius 1 is 0.880 bits per heavy atom. The van der Waals surface area contributed by atoms with E-state index >= 15 is 0 Å². The molecule has 0 saturated carbocycles. The molecule has 0 radical (unpaired) electrons. The molecule has 4 rings (SSSR count). The SMILES string of the molecule is CCCCCCc1cc2c(s1)-c1sc(C3C=CC=C3)cc1CCCC2. The van der Waals surface area contributed by atoms with Crippen molar-refractivity contribution in [1.29, 1.82) is 0 Å². The van der Waals surface area contributed by atoms with Crippen LogP contribution in [-0.2, 0) is 19.3 Å². The highest BCUT2D eigenvalue weighted by atomic mass is 32.1. The van der Waals surface area contributed by atoms with Crippen LogP contribution in [0, 0.1) is 0 Å². The molecule has 0 aliphatic heterocycles. The number of allylic oxidation sites excluding steroid dienone is 4. The fraction of sp³-hybridized carbons (Fsp3) is 0.478. The van der Waals surface area contributed by atoms with Crippen LogP contribution < -0.4 is 0 Å². The molecular weight excluding hydrogens is 340 g/mol. The Hall–Kier alpha value is -1.12. The molecule has 0 aromatic carbocycles. The average molecular weight is 369 g/mol. The highest BCUT2D eigenvalue weighted by Crippen LogP contribution is 2.45. The number of thiophene rings is 2. The number of hydrogen-bond acceptors (Lipinski definition) is 2. The van der Waals surface area contributed by atoms with Crippen molar-refractivity contribution in [2.75, 3.05) is 0 Å². The number of fused-ring (bicyclic) bond motifs is 3. The Kier molecular flexibility index (Phi) is 5.57. The number of hydrogen-bond donors (Lipinski definition) is 0. The molecule has 0 N–H and O–H groups in total. The van der Waals surface area contributed by atoms with Crippen LogP contribution in [0.4, 0.5) is 0 Å². The minimum absolute atomic E-state index is 0.509. The maximum Gasteiger partial charge on any atom is 0.0480 e. The fourth-order valence-electron chi connectivity index (χ4n) is 3.96. The molecule has 132 valence electrons. The highest BCUT2D eigenvalue weighted by Gasteiger charge is 2.21. The number of unbranched alkanes of at least 4 members (excludes halogenated alkanes) is 3. The molecule has 0 amide bonds. The summed E-state index contributed by atoms with van der Waals surface area (Å²) in [4.78, 5) is 6.33. The maximum absolute atomic E-state index is 2.54. The largest absolute Gasteiger partial charge is 0.139 e. The van der Waals surface area contributed by atoms with Crippen molar-refractivity contribution in [3.8, 4) is 9.75 Å². The van der Waals surface area contributed by atoms with Crippen molar-refractivity contribution in [2.45, 2.75) is 70.6 Å². The van der Waals surface area contributed by atoms with Gasteiger partial charge in [0.05, 0.1) is 0 Å². The van der Waals surface area contributed by atoms with E-state index in [-0.39, 0.29) is 0 Å². The van der Waals surface area contributed by atoms with Crippen molar-refractivity contribution in [1.82, 2.24) is 0 Å². The molecule has 0 spiro atoms. The van der Waals surface area contributed by atoms with E-state index in [1.807, 2.05) is 0 Å². The smallest absolute Gasteiger partial charge is 0.0480 e. The van der Waals surface area contributed by atoms with Gasteiger partial charge < -0.3 is 0 Å². The van der Waals surface area contributed by atoms with Crippen LogP contribution in [0.5, 0.6) is 0 Å². The first kappa shape index (κ1) is 17.3. The first-order valence-electron chi connectivity index (χ1n) is 9.94. The second-order valence-electron chi connectivity index (χ2n) is 7.38. The molecule has 0 fully saturated rings. The van der Waals surface area contributed by atoms with Crippen LogP contribution in [-0.4, -0.2) is 0 Å². The van der Waals surface area contributed by atoms with Gasteiger partial charge in [-0.25, -0.2) is 0 Å². The van der Waals surface area contributed by atoms with E-state index in [1.165, 1.54) is 62.7 Å². The molecule has 0 unspecified atom stereocenters. The number of rotatable bonds is 6. The molecular formula is C23H28S2. The Morgan fingerprint density at radius 2 is 1.60 bits per heavy atom. The van der Waals surface area contributed by atoms with Gasteiger partial charge in [-0.15, -0.1) is 22.7 Å². The van der Waals surface area contributed by atoms with E-state index < -0.39 is 0 Å². The average Bonchev–Trinajstić information content (AvgIpc) is 3.33. The maximum atomic E-state index is 2.54. The van der Waals surface area contributed by atoms with E-state index in [2.05, 4.69) is 66.0 Å². The Balaban J connectivity index is 1.61. The minimum Gasteiger partial charge on any atom is -0.139 e. The van der Waals surface area contributed by atoms with E-state index in [0.717, 1.165) is 0 Å². The van der Waals surface area contributed by atoms with E-state index in [1.54, 1.807) is 25.8 Å². The first-order chi connectivity index (χ1) is 12.3. The van der Waals surface area contributed by atoms with Crippen LogP contribution in [0.3, 0.4) is 0 Å². The van der Waals surface area contributed by atoms with Gasteiger partial charge in [-0.1, -0.05) is 50.5 Å². The van der Waals surface area contributed by atoms with Crippen molar-refractivity contribution in [3.05, 3.63) is 57.3 Å². The highest BCUT2D eigenvalue weighted by molar-refractivity contribution is 7.22. The van der Waals surface area contributed by atoms with Crippen molar-refractivity contribution < 1.29 is 0 Å². The third-order valence-electron chi connectivity index (χ3n) is 5.39. The summed E-state index contributed by atoms with van der Waals surface area (Å²) < 4.78 is 0. The van der Waals surface area contributed by atoms with Crippen LogP contribution in [0.15, 0.2) is 36.4 Å². The van der Waals surface area contributed by atoms with Gasteiger partial charge in [-0.05, 0) is 61.8 Å². The van der Waals surface area contributed by atoms with Gasteiger partial charge in [-0.2, -0.15) is 0 Å². The predicted octanol–water partition coefficient (Wildman–Crippen LogP) is 7.69. The first-order valence-corrected chi connectivity index (χ1v) is 11.6. The summed E-state index contributed by atoms with van der Waals surface area (Å²) in [7, 11) is 0. The number of aryl methyl sites for hydroxylation is 3. The van der Waals surface area contributed by atoms with E-state index in [4.69, 9.17) is 0 Å². The van der Waals surface area contributed by atoms with Gasteiger partial charge in [0.15, 0.2) is 0 Å². The molecule has 2 heteroatoms. The third kappa shape index (κ3) is 3.85. The van der Waals surface area contributed by atoms with Crippen LogP contribution in [0.2, 0.25) is 0 Å². The summed E-state index contributed by atoms with van der Waals surface area (Å²) in [6.07, 6.45) is 21.0. The molecule has 0 nitrogen and oxygen atoms in total. The topological polar surface area (TPSA) is 0 Å².